The van der Waals surface area contributed by atoms with Gasteiger partial charge in [-0.25, -0.2) is 0 Å². The summed E-state index contributed by atoms with van der Waals surface area (Å²) in [5, 5.41) is 6.76. The third-order valence-corrected chi connectivity index (χ3v) is 4.50. The van der Waals surface area contributed by atoms with Gasteiger partial charge in [-0.05, 0) is 31.0 Å². The number of hydrogen-bond acceptors (Lipinski definition) is 3. The second-order valence-corrected chi connectivity index (χ2v) is 6.24. The average Bonchev–Trinajstić information content (AvgIpc) is 3.09. The number of benzene rings is 1. The predicted molar refractivity (Wildman–Crippen MR) is 89.9 cm³/mol. The first kappa shape index (κ1) is 15.7. The molecular weight excluding hydrogens is 288 g/mol. The number of aryl methyl sites for hydroxylation is 1. The minimum Gasteiger partial charge on any atom is -0.333 e. The second kappa shape index (κ2) is 7.42. The molecule has 1 aliphatic rings. The van der Waals surface area contributed by atoms with E-state index in [-0.39, 0.29) is 11.9 Å². The van der Waals surface area contributed by atoms with Gasteiger partial charge in [-0.1, -0.05) is 30.3 Å². The number of H-pyrrole nitrogens is 1. The zero-order valence-corrected chi connectivity index (χ0v) is 13.6. The number of carbonyl (C=O) groups is 1. The standard InChI is InChI=1S/C18H24N4O/c1-21-10-11-22(17(14-21)16-7-3-2-4-8-16)18(23)9-5-6-15-12-19-20-13-15/h2-4,7-8,12-13,17H,5-6,9-11,14H2,1H3,(H,19,20)/t17-/m1/s1. The van der Waals surface area contributed by atoms with Gasteiger partial charge in [0, 0.05) is 32.3 Å². The van der Waals surface area contributed by atoms with E-state index < -0.39 is 0 Å². The lowest BCUT2D eigenvalue weighted by Crippen LogP contribution is -2.49. The Morgan fingerprint density at radius 2 is 2.13 bits per heavy atom. The largest absolute Gasteiger partial charge is 0.333 e. The van der Waals surface area contributed by atoms with Gasteiger partial charge in [0.2, 0.25) is 5.91 Å². The van der Waals surface area contributed by atoms with E-state index in [1.807, 2.05) is 30.6 Å². The molecule has 0 radical (unpaired) electrons. The molecule has 0 spiro atoms. The number of hydrogen-bond donors (Lipinski definition) is 1. The summed E-state index contributed by atoms with van der Waals surface area (Å²) < 4.78 is 0. The van der Waals surface area contributed by atoms with Crippen LogP contribution in [-0.4, -0.2) is 52.6 Å². The van der Waals surface area contributed by atoms with E-state index >= 15 is 0 Å². The van der Waals surface area contributed by atoms with Crippen LogP contribution in [0.3, 0.4) is 0 Å². The lowest BCUT2D eigenvalue weighted by atomic mass is 10.0. The zero-order chi connectivity index (χ0) is 16.1. The van der Waals surface area contributed by atoms with E-state index in [2.05, 4.69) is 39.2 Å². The van der Waals surface area contributed by atoms with Crippen molar-refractivity contribution in [3.8, 4) is 0 Å². The first-order valence-electron chi connectivity index (χ1n) is 8.24. The van der Waals surface area contributed by atoms with Crippen molar-refractivity contribution in [2.24, 2.45) is 0 Å². The van der Waals surface area contributed by atoms with Crippen LogP contribution in [-0.2, 0) is 11.2 Å². The van der Waals surface area contributed by atoms with Gasteiger partial charge in [0.1, 0.15) is 0 Å². The van der Waals surface area contributed by atoms with Crippen LogP contribution in [0.15, 0.2) is 42.7 Å². The number of piperazine rings is 1. The van der Waals surface area contributed by atoms with Crippen LogP contribution < -0.4 is 0 Å². The molecule has 0 aliphatic carbocycles. The summed E-state index contributed by atoms with van der Waals surface area (Å²) in [5.74, 6) is 0.260. The van der Waals surface area contributed by atoms with Crippen LogP contribution >= 0.6 is 0 Å². The Balaban J connectivity index is 1.62. The summed E-state index contributed by atoms with van der Waals surface area (Å²) in [5.41, 5.74) is 2.39. The first-order chi connectivity index (χ1) is 11.2. The minimum absolute atomic E-state index is 0.163. The second-order valence-electron chi connectivity index (χ2n) is 6.24. The fourth-order valence-electron chi connectivity index (χ4n) is 3.18. The molecule has 1 fully saturated rings. The van der Waals surface area contributed by atoms with Crippen molar-refractivity contribution < 1.29 is 4.79 Å². The molecule has 1 aliphatic heterocycles. The molecule has 0 saturated carbocycles. The highest BCUT2D eigenvalue weighted by molar-refractivity contribution is 5.77. The lowest BCUT2D eigenvalue weighted by molar-refractivity contribution is -0.136. The van der Waals surface area contributed by atoms with Crippen LogP contribution in [0.4, 0.5) is 0 Å². The van der Waals surface area contributed by atoms with Crippen LogP contribution in [0, 0.1) is 0 Å². The van der Waals surface area contributed by atoms with Crippen molar-refractivity contribution in [3.05, 3.63) is 53.9 Å². The van der Waals surface area contributed by atoms with Crippen molar-refractivity contribution in [1.29, 1.82) is 0 Å². The Hall–Kier alpha value is -2.14. The van der Waals surface area contributed by atoms with Crippen LogP contribution in [0.1, 0.15) is 30.0 Å². The summed E-state index contributed by atoms with van der Waals surface area (Å²) in [4.78, 5) is 17.1. The maximum atomic E-state index is 12.7. The van der Waals surface area contributed by atoms with Gasteiger partial charge in [-0.3, -0.25) is 9.89 Å². The SMILES string of the molecule is CN1CCN(C(=O)CCCc2cn[nH]c2)[C@@H](c2ccccc2)C1. The third kappa shape index (κ3) is 3.99. The Labute approximate surface area is 137 Å². The maximum absolute atomic E-state index is 12.7. The highest BCUT2D eigenvalue weighted by Gasteiger charge is 2.29. The molecule has 3 rings (SSSR count). The van der Waals surface area contributed by atoms with Crippen molar-refractivity contribution in [2.75, 3.05) is 26.7 Å². The number of likely N-dealkylation sites (N-methyl/N-ethyl adjacent to an activating group) is 1. The monoisotopic (exact) mass is 312 g/mol. The molecular formula is C18H24N4O. The lowest BCUT2D eigenvalue weighted by Gasteiger charge is -2.40. The molecule has 2 heterocycles. The molecule has 0 bridgehead atoms. The minimum atomic E-state index is 0.163. The molecule has 5 heteroatoms. The van der Waals surface area contributed by atoms with E-state index in [1.54, 1.807) is 0 Å². The van der Waals surface area contributed by atoms with Crippen LogP contribution in [0.25, 0.3) is 0 Å². The van der Waals surface area contributed by atoms with Crippen molar-refractivity contribution in [2.45, 2.75) is 25.3 Å². The number of nitrogens with zero attached hydrogens (tertiary/aromatic N) is 3. The van der Waals surface area contributed by atoms with E-state index in [0.717, 1.165) is 38.0 Å². The average molecular weight is 312 g/mol. The molecule has 1 amide bonds. The van der Waals surface area contributed by atoms with Gasteiger partial charge in [0.05, 0.1) is 12.2 Å². The number of aromatic amines is 1. The van der Waals surface area contributed by atoms with Gasteiger partial charge >= 0.3 is 0 Å². The molecule has 23 heavy (non-hydrogen) atoms. The number of amides is 1. The highest BCUT2D eigenvalue weighted by atomic mass is 16.2. The maximum Gasteiger partial charge on any atom is 0.223 e. The summed E-state index contributed by atoms with van der Waals surface area (Å²) >= 11 is 0. The fourth-order valence-corrected chi connectivity index (χ4v) is 3.18. The number of aromatic nitrogens is 2. The van der Waals surface area contributed by atoms with Gasteiger partial charge in [0.15, 0.2) is 0 Å². The molecule has 1 aromatic carbocycles. The van der Waals surface area contributed by atoms with Crippen molar-refractivity contribution >= 4 is 5.91 Å². The van der Waals surface area contributed by atoms with Gasteiger partial charge in [-0.15, -0.1) is 0 Å². The molecule has 5 nitrogen and oxygen atoms in total. The zero-order valence-electron chi connectivity index (χ0n) is 13.6. The Kier molecular flexibility index (Phi) is 5.08. The van der Waals surface area contributed by atoms with Gasteiger partial charge in [-0.2, -0.15) is 5.10 Å². The summed E-state index contributed by atoms with van der Waals surface area (Å²) in [6, 6.07) is 10.5. The summed E-state index contributed by atoms with van der Waals surface area (Å²) in [6.45, 7) is 2.65. The third-order valence-electron chi connectivity index (χ3n) is 4.50. The Bertz CT molecular complexity index is 611. The van der Waals surface area contributed by atoms with Crippen LogP contribution in [0.5, 0.6) is 0 Å². The number of rotatable bonds is 5. The summed E-state index contributed by atoms with van der Waals surface area (Å²) in [6.07, 6.45) is 6.08. The highest BCUT2D eigenvalue weighted by Crippen LogP contribution is 2.25. The number of carbonyl (C=O) groups excluding carboxylic acids is 1. The van der Waals surface area contributed by atoms with E-state index in [0.29, 0.717) is 6.42 Å². The van der Waals surface area contributed by atoms with E-state index in [9.17, 15) is 4.79 Å². The fraction of sp³-hybridized carbons (Fsp3) is 0.444. The summed E-state index contributed by atoms with van der Waals surface area (Å²) in [7, 11) is 2.12. The normalized spacial score (nSPS) is 19.0. The Morgan fingerprint density at radius 1 is 1.30 bits per heavy atom. The van der Waals surface area contributed by atoms with E-state index in [4.69, 9.17) is 0 Å². The quantitative estimate of drug-likeness (QED) is 0.921. The van der Waals surface area contributed by atoms with Crippen molar-refractivity contribution in [1.82, 2.24) is 20.0 Å². The number of nitrogens with one attached hydrogen (secondary N) is 1. The molecule has 2 aromatic rings. The van der Waals surface area contributed by atoms with Gasteiger partial charge in [0.25, 0.3) is 0 Å². The molecule has 1 N–H and O–H groups in total. The van der Waals surface area contributed by atoms with Crippen LogP contribution in [0.2, 0.25) is 0 Å². The molecule has 0 unspecified atom stereocenters. The van der Waals surface area contributed by atoms with Gasteiger partial charge < -0.3 is 9.80 Å². The van der Waals surface area contributed by atoms with Crippen molar-refractivity contribution in [3.63, 3.8) is 0 Å². The molecule has 122 valence electrons. The molecule has 1 saturated heterocycles. The molecule has 1 atom stereocenters. The van der Waals surface area contributed by atoms with E-state index in [1.165, 1.54) is 5.56 Å². The molecule has 1 aromatic heterocycles. The topological polar surface area (TPSA) is 52.2 Å². The Morgan fingerprint density at radius 3 is 2.87 bits per heavy atom. The smallest absolute Gasteiger partial charge is 0.223 e. The predicted octanol–water partition coefficient (Wildman–Crippen LogP) is 2.25. The first-order valence-corrected chi connectivity index (χ1v) is 8.24.